The molecule has 1 N–H and O–H groups in total. The predicted octanol–water partition coefficient (Wildman–Crippen LogP) is 3.72. The fraction of sp³-hybridized carbons (Fsp3) is 0.381. The number of thiophene rings is 1. The topological polar surface area (TPSA) is 63.1 Å². The van der Waals surface area contributed by atoms with Crippen LogP contribution in [-0.2, 0) is 17.9 Å². The zero-order valence-corrected chi connectivity index (χ0v) is 17.9. The fourth-order valence-electron chi connectivity index (χ4n) is 3.43. The highest BCUT2D eigenvalue weighted by molar-refractivity contribution is 7.99. The average Bonchev–Trinajstić information content (AvgIpc) is 3.42. The maximum atomic E-state index is 12.3. The molecule has 0 atom stereocenters. The molecule has 1 amide bonds. The lowest BCUT2D eigenvalue weighted by Gasteiger charge is -2.26. The maximum Gasteiger partial charge on any atom is 0.230 e. The zero-order valence-electron chi connectivity index (χ0n) is 16.3. The van der Waals surface area contributed by atoms with Crippen LogP contribution in [0.3, 0.4) is 0 Å². The number of hydrogen-bond acceptors (Lipinski definition) is 6. The number of thioether (sulfide) groups is 1. The lowest BCUT2D eigenvalue weighted by molar-refractivity contribution is -0.118. The first-order chi connectivity index (χ1) is 14.3. The first-order valence-corrected chi connectivity index (χ1v) is 11.8. The summed E-state index contributed by atoms with van der Waals surface area (Å²) in [5, 5.41) is 14.6. The summed E-state index contributed by atoms with van der Waals surface area (Å²) in [6.45, 7) is 3.57. The highest BCUT2D eigenvalue weighted by Crippen LogP contribution is 2.23. The lowest BCUT2D eigenvalue weighted by atomic mass is 10.1. The summed E-state index contributed by atoms with van der Waals surface area (Å²) in [5.74, 6) is 1.25. The summed E-state index contributed by atoms with van der Waals surface area (Å²) >= 11 is 3.08. The highest BCUT2D eigenvalue weighted by Gasteiger charge is 2.19. The van der Waals surface area contributed by atoms with Crippen LogP contribution in [0.15, 0.2) is 53.0 Å². The van der Waals surface area contributed by atoms with E-state index in [9.17, 15) is 4.79 Å². The average molecular weight is 428 g/mol. The Morgan fingerprint density at radius 1 is 1.07 bits per heavy atom. The first kappa shape index (κ1) is 20.1. The van der Waals surface area contributed by atoms with Crippen LogP contribution >= 0.6 is 23.1 Å². The maximum absolute atomic E-state index is 12.3. The van der Waals surface area contributed by atoms with Crippen LogP contribution in [0.2, 0.25) is 0 Å². The minimum Gasteiger partial charge on any atom is -0.350 e. The molecule has 152 valence electrons. The van der Waals surface area contributed by atoms with Crippen LogP contribution in [0.5, 0.6) is 0 Å². The van der Waals surface area contributed by atoms with Crippen LogP contribution < -0.4 is 5.32 Å². The van der Waals surface area contributed by atoms with Crippen LogP contribution in [-0.4, -0.2) is 44.4 Å². The Kier molecular flexibility index (Phi) is 6.97. The normalized spacial score (nSPS) is 14.8. The van der Waals surface area contributed by atoms with E-state index >= 15 is 0 Å². The number of nitrogens with zero attached hydrogens (tertiary/aromatic N) is 4. The fourth-order valence-corrected chi connectivity index (χ4v) is 4.88. The van der Waals surface area contributed by atoms with Gasteiger partial charge < -0.3 is 5.32 Å². The van der Waals surface area contributed by atoms with Crippen LogP contribution in [0, 0.1) is 0 Å². The molecule has 8 heteroatoms. The molecule has 2 aromatic heterocycles. The second-order valence-electron chi connectivity index (χ2n) is 7.05. The number of rotatable bonds is 8. The molecule has 0 bridgehead atoms. The monoisotopic (exact) mass is 427 g/mol. The van der Waals surface area contributed by atoms with Crippen molar-refractivity contribution in [1.82, 2.24) is 25.0 Å². The molecule has 29 heavy (non-hydrogen) atoms. The standard InChI is InChI=1S/C21H25N5OS2/c27-20(22-14-18-10-7-13-28-18)16-29-21-24-23-19(15-25-11-5-2-6-12-25)26(21)17-8-3-1-4-9-17/h1,3-4,7-10,13H,2,5-6,11-12,14-16H2,(H,22,27). The number of amides is 1. The molecule has 3 aromatic rings. The number of likely N-dealkylation sites (tertiary alicyclic amines) is 1. The van der Waals surface area contributed by atoms with Crippen molar-refractivity contribution >= 4 is 29.0 Å². The first-order valence-electron chi connectivity index (χ1n) is 9.93. The van der Waals surface area contributed by atoms with E-state index in [0.717, 1.165) is 41.2 Å². The number of nitrogens with one attached hydrogen (secondary N) is 1. The lowest BCUT2D eigenvalue weighted by Crippen LogP contribution is -2.30. The van der Waals surface area contributed by atoms with Crippen molar-refractivity contribution in [2.24, 2.45) is 0 Å². The van der Waals surface area contributed by atoms with Crippen LogP contribution in [0.1, 0.15) is 30.0 Å². The van der Waals surface area contributed by atoms with Crippen molar-refractivity contribution in [2.75, 3.05) is 18.8 Å². The van der Waals surface area contributed by atoms with Gasteiger partial charge in [0.25, 0.3) is 0 Å². The molecule has 1 fully saturated rings. The molecule has 1 aromatic carbocycles. The number of carbonyl (C=O) groups excluding carboxylic acids is 1. The number of hydrogen-bond donors (Lipinski definition) is 1. The smallest absolute Gasteiger partial charge is 0.230 e. The zero-order chi connectivity index (χ0) is 19.9. The van der Waals surface area contributed by atoms with E-state index in [1.165, 1.54) is 31.0 Å². The molecule has 1 aliphatic heterocycles. The van der Waals surface area contributed by atoms with Gasteiger partial charge in [-0.15, -0.1) is 21.5 Å². The Hall–Kier alpha value is -2.16. The molecular weight excluding hydrogens is 402 g/mol. The van der Waals surface area contributed by atoms with Gasteiger partial charge in [0.05, 0.1) is 18.8 Å². The van der Waals surface area contributed by atoms with Crippen molar-refractivity contribution in [3.8, 4) is 5.69 Å². The predicted molar refractivity (Wildman–Crippen MR) is 117 cm³/mol. The third-order valence-electron chi connectivity index (χ3n) is 4.90. The van der Waals surface area contributed by atoms with Gasteiger partial charge in [0.2, 0.25) is 5.91 Å². The number of para-hydroxylation sites is 1. The molecule has 0 saturated carbocycles. The van der Waals surface area contributed by atoms with Gasteiger partial charge in [0.15, 0.2) is 11.0 Å². The molecule has 0 radical (unpaired) electrons. The Bertz CT molecular complexity index is 905. The number of carbonyl (C=O) groups is 1. The molecule has 0 aliphatic carbocycles. The molecule has 6 nitrogen and oxygen atoms in total. The van der Waals surface area contributed by atoms with Crippen molar-refractivity contribution in [3.63, 3.8) is 0 Å². The molecular formula is C21H25N5OS2. The quantitative estimate of drug-likeness (QED) is 0.555. The SMILES string of the molecule is O=C(CSc1nnc(CN2CCCCC2)n1-c1ccccc1)NCc1cccs1. The number of aromatic nitrogens is 3. The minimum atomic E-state index is 0.00333. The van der Waals surface area contributed by atoms with Gasteiger partial charge in [-0.2, -0.15) is 0 Å². The van der Waals surface area contributed by atoms with Gasteiger partial charge in [-0.25, -0.2) is 0 Å². The van der Waals surface area contributed by atoms with Crippen LogP contribution in [0.25, 0.3) is 5.69 Å². The van der Waals surface area contributed by atoms with E-state index in [-0.39, 0.29) is 5.91 Å². The summed E-state index contributed by atoms with van der Waals surface area (Å²) in [4.78, 5) is 15.9. The van der Waals surface area contributed by atoms with Gasteiger partial charge in [-0.3, -0.25) is 14.3 Å². The molecule has 1 aliphatic rings. The summed E-state index contributed by atoms with van der Waals surface area (Å²) in [7, 11) is 0. The number of piperidine rings is 1. The van der Waals surface area contributed by atoms with Crippen molar-refractivity contribution < 1.29 is 4.79 Å². The van der Waals surface area contributed by atoms with Gasteiger partial charge in [-0.1, -0.05) is 42.4 Å². The van der Waals surface area contributed by atoms with Crippen molar-refractivity contribution in [1.29, 1.82) is 0 Å². The Labute approximate surface area is 179 Å². The Morgan fingerprint density at radius 2 is 1.90 bits per heavy atom. The van der Waals surface area contributed by atoms with Gasteiger partial charge >= 0.3 is 0 Å². The molecule has 4 rings (SSSR count). The van der Waals surface area contributed by atoms with E-state index < -0.39 is 0 Å². The molecule has 1 saturated heterocycles. The summed E-state index contributed by atoms with van der Waals surface area (Å²) in [5.41, 5.74) is 1.03. The van der Waals surface area contributed by atoms with E-state index in [4.69, 9.17) is 0 Å². The van der Waals surface area contributed by atoms with Gasteiger partial charge in [-0.05, 0) is 49.5 Å². The minimum absolute atomic E-state index is 0.00333. The molecule has 0 unspecified atom stereocenters. The highest BCUT2D eigenvalue weighted by atomic mass is 32.2. The second kappa shape index (κ2) is 10.0. The summed E-state index contributed by atoms with van der Waals surface area (Å²) in [6, 6.07) is 14.2. The third kappa shape index (κ3) is 5.46. The molecule has 0 spiro atoms. The summed E-state index contributed by atoms with van der Waals surface area (Å²) < 4.78 is 2.09. The summed E-state index contributed by atoms with van der Waals surface area (Å²) in [6.07, 6.45) is 3.79. The Balaban J connectivity index is 1.44. The third-order valence-corrected chi connectivity index (χ3v) is 6.71. The van der Waals surface area contributed by atoms with Gasteiger partial charge in [0.1, 0.15) is 0 Å². The van der Waals surface area contributed by atoms with E-state index in [2.05, 4.69) is 37.1 Å². The second-order valence-corrected chi connectivity index (χ2v) is 9.03. The molecule has 3 heterocycles. The van der Waals surface area contributed by atoms with Crippen LogP contribution in [0.4, 0.5) is 0 Å². The van der Waals surface area contributed by atoms with Gasteiger partial charge in [0, 0.05) is 10.6 Å². The number of benzene rings is 1. The Morgan fingerprint density at radius 3 is 2.66 bits per heavy atom. The van der Waals surface area contributed by atoms with Crippen molar-refractivity contribution in [3.05, 3.63) is 58.5 Å². The van der Waals surface area contributed by atoms with E-state index in [0.29, 0.717) is 12.3 Å². The van der Waals surface area contributed by atoms with E-state index in [1.54, 1.807) is 11.3 Å². The van der Waals surface area contributed by atoms with Crippen molar-refractivity contribution in [2.45, 2.75) is 37.5 Å². The largest absolute Gasteiger partial charge is 0.350 e. The van der Waals surface area contributed by atoms with E-state index in [1.807, 2.05) is 35.7 Å².